The van der Waals surface area contributed by atoms with Gasteiger partial charge in [-0.15, -0.1) is 11.3 Å². The van der Waals surface area contributed by atoms with Gasteiger partial charge in [0.05, 0.1) is 4.88 Å². The second-order valence-corrected chi connectivity index (χ2v) is 6.35. The number of carbonyl (C=O) groups excluding carboxylic acids is 3. The third-order valence-electron chi connectivity index (χ3n) is 3.82. The number of aryl methyl sites for hydroxylation is 1. The van der Waals surface area contributed by atoms with Crippen LogP contribution in [0.4, 0.5) is 4.79 Å². The lowest BCUT2D eigenvalue weighted by atomic mass is 9.92. The number of hydrogen-bond acceptors (Lipinski definition) is 4. The maximum atomic E-state index is 12.7. The molecule has 0 aliphatic carbocycles. The zero-order chi connectivity index (χ0) is 16.6. The Hall–Kier alpha value is -2.67. The fraction of sp³-hybridized carbons (Fsp3) is 0.188. The number of hydrogen-bond donors (Lipinski definition) is 2. The summed E-state index contributed by atoms with van der Waals surface area (Å²) in [6, 6.07) is 10.1. The Kier molecular flexibility index (Phi) is 3.65. The quantitative estimate of drug-likeness (QED) is 0.847. The van der Waals surface area contributed by atoms with Crippen molar-refractivity contribution in [3.05, 3.63) is 57.8 Å². The van der Waals surface area contributed by atoms with Gasteiger partial charge >= 0.3 is 6.03 Å². The summed E-state index contributed by atoms with van der Waals surface area (Å²) in [5.41, 5.74) is 2.64. The number of imide groups is 1. The monoisotopic (exact) mass is 329 g/mol. The highest BCUT2D eigenvalue weighted by Crippen LogP contribution is 2.28. The van der Waals surface area contributed by atoms with Crippen LogP contribution >= 0.6 is 11.3 Å². The van der Waals surface area contributed by atoms with Gasteiger partial charge in [0, 0.05) is 0 Å². The molecule has 2 aromatic rings. The lowest BCUT2D eigenvalue weighted by Crippen LogP contribution is -2.47. The van der Waals surface area contributed by atoms with Crippen molar-refractivity contribution in [3.8, 4) is 0 Å². The van der Waals surface area contributed by atoms with E-state index in [1.54, 1.807) is 49.6 Å². The third-order valence-corrected chi connectivity index (χ3v) is 4.84. The molecule has 1 atom stereocenters. The van der Waals surface area contributed by atoms with E-state index in [0.29, 0.717) is 10.4 Å². The van der Waals surface area contributed by atoms with Crippen molar-refractivity contribution in [1.82, 2.24) is 15.8 Å². The lowest BCUT2D eigenvalue weighted by molar-refractivity contribution is -0.132. The molecule has 1 aromatic carbocycles. The zero-order valence-corrected chi connectivity index (χ0v) is 13.4. The number of urea groups is 1. The molecular weight excluding hydrogens is 314 g/mol. The van der Waals surface area contributed by atoms with Gasteiger partial charge in [-0.05, 0) is 36.4 Å². The maximum Gasteiger partial charge on any atom is 0.344 e. The Morgan fingerprint density at radius 1 is 1.22 bits per heavy atom. The number of hydrazine groups is 1. The van der Waals surface area contributed by atoms with Gasteiger partial charge < -0.3 is 5.32 Å². The van der Waals surface area contributed by atoms with Gasteiger partial charge in [-0.1, -0.05) is 30.3 Å². The number of nitrogens with one attached hydrogen (secondary N) is 2. The van der Waals surface area contributed by atoms with Crippen LogP contribution in [0.2, 0.25) is 0 Å². The fourth-order valence-corrected chi connectivity index (χ4v) is 3.28. The van der Waals surface area contributed by atoms with Crippen LogP contribution in [-0.4, -0.2) is 22.9 Å². The summed E-state index contributed by atoms with van der Waals surface area (Å²) in [4.78, 5) is 37.5. The topological polar surface area (TPSA) is 78.5 Å². The van der Waals surface area contributed by atoms with Crippen LogP contribution in [0.3, 0.4) is 0 Å². The second-order valence-electron chi connectivity index (χ2n) is 5.44. The molecule has 7 heteroatoms. The van der Waals surface area contributed by atoms with Gasteiger partial charge in [-0.3, -0.25) is 15.0 Å². The van der Waals surface area contributed by atoms with Gasteiger partial charge in [0.25, 0.3) is 11.8 Å². The Morgan fingerprint density at radius 2 is 1.91 bits per heavy atom. The molecule has 1 aliphatic rings. The van der Waals surface area contributed by atoms with Crippen molar-refractivity contribution in [2.75, 3.05) is 0 Å². The van der Waals surface area contributed by atoms with Gasteiger partial charge in [-0.25, -0.2) is 4.79 Å². The first-order valence-electron chi connectivity index (χ1n) is 7.01. The normalized spacial score (nSPS) is 20.5. The molecule has 118 valence electrons. The molecule has 0 saturated carbocycles. The predicted octanol–water partition coefficient (Wildman–Crippen LogP) is 2.17. The summed E-state index contributed by atoms with van der Waals surface area (Å²) in [7, 11) is 0. The highest BCUT2D eigenvalue weighted by atomic mass is 32.1. The fourth-order valence-electron chi connectivity index (χ4n) is 2.47. The van der Waals surface area contributed by atoms with E-state index in [9.17, 15) is 14.4 Å². The van der Waals surface area contributed by atoms with Crippen LogP contribution in [0, 0.1) is 6.92 Å². The minimum Gasteiger partial charge on any atom is -0.318 e. The molecule has 0 bridgehead atoms. The van der Waals surface area contributed by atoms with Gasteiger partial charge in [0.2, 0.25) is 0 Å². The number of nitrogens with zero attached hydrogens (tertiary/aromatic N) is 1. The Balaban J connectivity index is 1.85. The van der Waals surface area contributed by atoms with Crippen LogP contribution in [0.15, 0.2) is 41.8 Å². The molecule has 0 radical (unpaired) electrons. The van der Waals surface area contributed by atoms with Crippen molar-refractivity contribution < 1.29 is 14.4 Å². The lowest BCUT2D eigenvalue weighted by Gasteiger charge is -2.22. The van der Waals surface area contributed by atoms with Crippen molar-refractivity contribution in [3.63, 3.8) is 0 Å². The summed E-state index contributed by atoms with van der Waals surface area (Å²) in [5.74, 6) is -0.991. The minimum atomic E-state index is -1.20. The zero-order valence-electron chi connectivity index (χ0n) is 12.6. The predicted molar refractivity (Wildman–Crippen MR) is 85.7 cm³/mol. The molecule has 1 saturated heterocycles. The summed E-state index contributed by atoms with van der Waals surface area (Å²) in [5, 5.41) is 5.16. The van der Waals surface area contributed by atoms with Crippen molar-refractivity contribution in [2.24, 2.45) is 0 Å². The van der Waals surface area contributed by atoms with E-state index in [1.165, 1.54) is 11.3 Å². The molecular formula is C16H15N3O3S. The first kappa shape index (κ1) is 15.2. The molecule has 0 spiro atoms. The van der Waals surface area contributed by atoms with E-state index in [1.807, 2.05) is 6.07 Å². The average Bonchev–Trinajstić information content (AvgIpc) is 3.06. The maximum absolute atomic E-state index is 12.7. The molecule has 23 heavy (non-hydrogen) atoms. The molecule has 1 aromatic heterocycles. The minimum absolute atomic E-state index is 0.471. The first-order chi connectivity index (χ1) is 10.9. The van der Waals surface area contributed by atoms with E-state index in [2.05, 4.69) is 10.7 Å². The largest absolute Gasteiger partial charge is 0.344 e. The van der Waals surface area contributed by atoms with Crippen molar-refractivity contribution in [1.29, 1.82) is 0 Å². The van der Waals surface area contributed by atoms with E-state index in [4.69, 9.17) is 0 Å². The molecule has 2 N–H and O–H groups in total. The second kappa shape index (κ2) is 5.51. The third kappa shape index (κ3) is 2.49. The molecule has 2 heterocycles. The van der Waals surface area contributed by atoms with E-state index in [0.717, 1.165) is 10.6 Å². The Morgan fingerprint density at radius 3 is 2.52 bits per heavy atom. The van der Waals surface area contributed by atoms with E-state index < -0.39 is 23.4 Å². The molecule has 1 aliphatic heterocycles. The van der Waals surface area contributed by atoms with Gasteiger partial charge in [-0.2, -0.15) is 5.01 Å². The van der Waals surface area contributed by atoms with Crippen LogP contribution in [0.5, 0.6) is 0 Å². The van der Waals surface area contributed by atoms with E-state index in [-0.39, 0.29) is 0 Å². The molecule has 0 unspecified atom stereocenters. The number of amides is 4. The highest BCUT2D eigenvalue weighted by Gasteiger charge is 2.50. The van der Waals surface area contributed by atoms with Crippen LogP contribution in [0.25, 0.3) is 0 Å². The molecule has 6 nitrogen and oxygen atoms in total. The Labute approximate surface area is 137 Å². The van der Waals surface area contributed by atoms with Crippen LogP contribution < -0.4 is 10.7 Å². The van der Waals surface area contributed by atoms with Crippen molar-refractivity contribution >= 4 is 29.2 Å². The number of thiophene rings is 1. The molecule has 4 amide bonds. The summed E-state index contributed by atoms with van der Waals surface area (Å²) in [6.07, 6.45) is 0. The molecule has 1 fully saturated rings. The van der Waals surface area contributed by atoms with Crippen molar-refractivity contribution in [2.45, 2.75) is 19.4 Å². The van der Waals surface area contributed by atoms with Crippen LogP contribution in [0.1, 0.15) is 27.7 Å². The standard InChI is InChI=1S/C16H15N3O3S/c1-10-8-9-23-12(10)13(20)18-19-14(21)16(2,17-15(19)22)11-6-4-3-5-7-11/h3-9H,1-2H3,(H,17,22)(H,18,20)/t16-/m1/s1. The number of carbonyl (C=O) groups is 3. The smallest absolute Gasteiger partial charge is 0.318 e. The number of benzene rings is 1. The highest BCUT2D eigenvalue weighted by molar-refractivity contribution is 7.12. The summed E-state index contributed by atoms with van der Waals surface area (Å²) < 4.78 is 0. The van der Waals surface area contributed by atoms with Crippen LogP contribution in [-0.2, 0) is 10.3 Å². The summed E-state index contributed by atoms with van der Waals surface area (Å²) >= 11 is 1.26. The molecule has 3 rings (SSSR count). The summed E-state index contributed by atoms with van der Waals surface area (Å²) in [6.45, 7) is 3.41. The van der Waals surface area contributed by atoms with Gasteiger partial charge in [0.15, 0.2) is 0 Å². The van der Waals surface area contributed by atoms with Gasteiger partial charge in [0.1, 0.15) is 5.54 Å². The Bertz CT molecular complexity index is 787. The first-order valence-corrected chi connectivity index (χ1v) is 7.89. The van der Waals surface area contributed by atoms with E-state index >= 15 is 0 Å². The average molecular weight is 329 g/mol. The SMILES string of the molecule is Cc1ccsc1C(=O)NN1C(=O)N[C@](C)(c2ccccc2)C1=O. The number of rotatable bonds is 3.